The highest BCUT2D eigenvalue weighted by molar-refractivity contribution is 5.96. The zero-order valence-corrected chi connectivity index (χ0v) is 12.8. The van der Waals surface area contributed by atoms with Crippen LogP contribution in [0.5, 0.6) is 0 Å². The number of rotatable bonds is 7. The number of nitrogens with two attached hydrogens (primary N) is 1. The summed E-state index contributed by atoms with van der Waals surface area (Å²) in [6.07, 6.45) is 2.94. The van der Waals surface area contributed by atoms with Crippen LogP contribution in [-0.4, -0.2) is 46.5 Å². The van der Waals surface area contributed by atoms with Gasteiger partial charge in [0.1, 0.15) is 0 Å². The highest BCUT2D eigenvalue weighted by Gasteiger charge is 2.21. The van der Waals surface area contributed by atoms with Crippen LogP contribution in [0.25, 0.3) is 0 Å². The third-order valence-electron chi connectivity index (χ3n) is 3.46. The van der Waals surface area contributed by atoms with E-state index in [4.69, 9.17) is 5.73 Å². The van der Waals surface area contributed by atoms with E-state index in [0.29, 0.717) is 18.5 Å². The van der Waals surface area contributed by atoms with Gasteiger partial charge in [0.15, 0.2) is 11.5 Å². The third-order valence-corrected chi connectivity index (χ3v) is 3.46. The first kappa shape index (κ1) is 16.4. The summed E-state index contributed by atoms with van der Waals surface area (Å²) < 4.78 is 0. The molecule has 0 aliphatic carbocycles. The molecular formula is C14H25N5O. The summed E-state index contributed by atoms with van der Waals surface area (Å²) in [5.74, 6) is 0.344. The first-order chi connectivity index (χ1) is 9.51. The molecular weight excluding hydrogens is 254 g/mol. The van der Waals surface area contributed by atoms with Crippen LogP contribution in [0.4, 0.5) is 5.82 Å². The first-order valence-electron chi connectivity index (χ1n) is 7.09. The molecule has 1 aromatic heterocycles. The molecule has 0 spiro atoms. The van der Waals surface area contributed by atoms with E-state index in [0.717, 1.165) is 13.1 Å². The fraction of sp³-hybridized carbons (Fsp3) is 0.643. The van der Waals surface area contributed by atoms with Gasteiger partial charge in [-0.1, -0.05) is 27.7 Å². The van der Waals surface area contributed by atoms with Crippen molar-refractivity contribution in [3.05, 3.63) is 18.1 Å². The Morgan fingerprint density at radius 1 is 1.30 bits per heavy atom. The lowest BCUT2D eigenvalue weighted by molar-refractivity contribution is 0.0917. The van der Waals surface area contributed by atoms with Crippen molar-refractivity contribution < 1.29 is 4.79 Å². The van der Waals surface area contributed by atoms with Gasteiger partial charge in [-0.15, -0.1) is 0 Å². The Kier molecular flexibility index (Phi) is 6.38. The van der Waals surface area contributed by atoms with Crippen LogP contribution >= 0.6 is 0 Å². The minimum absolute atomic E-state index is 0.161. The monoisotopic (exact) mass is 279 g/mol. The molecule has 0 fully saturated rings. The highest BCUT2D eigenvalue weighted by Crippen LogP contribution is 2.10. The van der Waals surface area contributed by atoms with Gasteiger partial charge >= 0.3 is 0 Å². The minimum atomic E-state index is -0.270. The molecule has 0 saturated carbocycles. The number of nitrogen functional groups attached to an aromatic ring is 1. The lowest BCUT2D eigenvalue weighted by atomic mass is 10.0. The second kappa shape index (κ2) is 7.79. The molecule has 0 aromatic carbocycles. The summed E-state index contributed by atoms with van der Waals surface area (Å²) in [5.41, 5.74) is 5.84. The molecule has 20 heavy (non-hydrogen) atoms. The molecule has 6 nitrogen and oxygen atoms in total. The standard InChI is InChI=1S/C14H25N5O/c1-5-19(6-2)11(10(3)4)9-18-14(20)12-13(15)17-8-7-16-12/h7-8,10-11H,5-6,9H2,1-4H3,(H2,15,17)(H,18,20). The average molecular weight is 279 g/mol. The van der Waals surface area contributed by atoms with Gasteiger partial charge in [-0.05, 0) is 19.0 Å². The molecule has 1 rings (SSSR count). The fourth-order valence-corrected chi connectivity index (χ4v) is 2.28. The second-order valence-electron chi connectivity index (χ2n) is 5.03. The van der Waals surface area contributed by atoms with Crippen molar-refractivity contribution in [3.8, 4) is 0 Å². The van der Waals surface area contributed by atoms with Crippen LogP contribution in [0.3, 0.4) is 0 Å². The van der Waals surface area contributed by atoms with Crippen molar-refractivity contribution in [1.82, 2.24) is 20.2 Å². The number of hydrogen-bond acceptors (Lipinski definition) is 5. The van der Waals surface area contributed by atoms with Crippen molar-refractivity contribution >= 4 is 11.7 Å². The molecule has 6 heteroatoms. The number of aromatic nitrogens is 2. The lowest BCUT2D eigenvalue weighted by Crippen LogP contribution is -2.47. The van der Waals surface area contributed by atoms with Gasteiger partial charge in [0.2, 0.25) is 0 Å². The van der Waals surface area contributed by atoms with Crippen molar-refractivity contribution in [3.63, 3.8) is 0 Å². The molecule has 112 valence electrons. The molecule has 1 atom stereocenters. The number of amides is 1. The van der Waals surface area contributed by atoms with Gasteiger partial charge in [0, 0.05) is 25.0 Å². The van der Waals surface area contributed by atoms with Crippen LogP contribution in [-0.2, 0) is 0 Å². The zero-order chi connectivity index (χ0) is 15.1. The molecule has 0 aliphatic heterocycles. The van der Waals surface area contributed by atoms with Crippen molar-refractivity contribution in [2.75, 3.05) is 25.4 Å². The van der Waals surface area contributed by atoms with Gasteiger partial charge in [-0.2, -0.15) is 0 Å². The number of carbonyl (C=O) groups is 1. The number of nitrogens with zero attached hydrogens (tertiary/aromatic N) is 3. The van der Waals surface area contributed by atoms with E-state index < -0.39 is 0 Å². The molecule has 3 N–H and O–H groups in total. The number of hydrogen-bond donors (Lipinski definition) is 2. The molecule has 0 bridgehead atoms. The smallest absolute Gasteiger partial charge is 0.273 e. The summed E-state index contributed by atoms with van der Waals surface area (Å²) in [4.78, 5) is 22.3. The Balaban J connectivity index is 2.68. The Hall–Kier alpha value is -1.69. The average Bonchev–Trinajstić information content (AvgIpc) is 2.43. The summed E-state index contributed by atoms with van der Waals surface area (Å²) in [6.45, 7) is 11.1. The maximum absolute atomic E-state index is 12.1. The zero-order valence-electron chi connectivity index (χ0n) is 12.8. The molecule has 1 unspecified atom stereocenters. The van der Waals surface area contributed by atoms with E-state index in [-0.39, 0.29) is 17.4 Å². The van der Waals surface area contributed by atoms with E-state index in [2.05, 4.69) is 47.9 Å². The second-order valence-corrected chi connectivity index (χ2v) is 5.03. The van der Waals surface area contributed by atoms with Gasteiger partial charge in [0.25, 0.3) is 5.91 Å². The van der Waals surface area contributed by atoms with Gasteiger partial charge in [0.05, 0.1) is 0 Å². The topological polar surface area (TPSA) is 84.1 Å². The molecule has 0 saturated heterocycles. The van der Waals surface area contributed by atoms with Crippen LogP contribution < -0.4 is 11.1 Å². The lowest BCUT2D eigenvalue weighted by Gasteiger charge is -2.32. The van der Waals surface area contributed by atoms with Gasteiger partial charge in [-0.3, -0.25) is 9.69 Å². The van der Waals surface area contributed by atoms with E-state index in [1.165, 1.54) is 12.4 Å². The predicted molar refractivity (Wildman–Crippen MR) is 80.3 cm³/mol. The maximum Gasteiger partial charge on any atom is 0.273 e. The highest BCUT2D eigenvalue weighted by atomic mass is 16.1. The van der Waals surface area contributed by atoms with Crippen molar-refractivity contribution in [2.24, 2.45) is 5.92 Å². The number of carbonyl (C=O) groups excluding carboxylic acids is 1. The Labute approximate surface area is 120 Å². The van der Waals surface area contributed by atoms with E-state index in [1.54, 1.807) is 0 Å². The van der Waals surface area contributed by atoms with Crippen LogP contribution in [0.15, 0.2) is 12.4 Å². The van der Waals surface area contributed by atoms with Gasteiger partial charge < -0.3 is 11.1 Å². The van der Waals surface area contributed by atoms with Gasteiger partial charge in [-0.25, -0.2) is 9.97 Å². The van der Waals surface area contributed by atoms with Crippen molar-refractivity contribution in [1.29, 1.82) is 0 Å². The molecule has 0 aliphatic rings. The Morgan fingerprint density at radius 2 is 1.90 bits per heavy atom. The number of anilines is 1. The maximum atomic E-state index is 12.1. The molecule has 1 heterocycles. The quantitative estimate of drug-likeness (QED) is 0.782. The summed E-state index contributed by atoms with van der Waals surface area (Å²) >= 11 is 0. The van der Waals surface area contributed by atoms with E-state index >= 15 is 0 Å². The first-order valence-corrected chi connectivity index (χ1v) is 7.09. The Bertz CT molecular complexity index is 431. The molecule has 1 amide bonds. The SMILES string of the molecule is CCN(CC)C(CNC(=O)c1nccnc1N)C(C)C. The number of likely N-dealkylation sites (N-methyl/N-ethyl adjacent to an activating group) is 1. The number of nitrogens with one attached hydrogen (secondary N) is 1. The third kappa shape index (κ3) is 4.16. The van der Waals surface area contributed by atoms with Crippen LogP contribution in [0.2, 0.25) is 0 Å². The summed E-state index contributed by atoms with van der Waals surface area (Å²) in [7, 11) is 0. The normalized spacial score (nSPS) is 12.7. The summed E-state index contributed by atoms with van der Waals surface area (Å²) in [6, 6.07) is 0.298. The predicted octanol–water partition coefficient (Wildman–Crippen LogP) is 1.15. The molecule has 1 aromatic rings. The minimum Gasteiger partial charge on any atom is -0.382 e. The van der Waals surface area contributed by atoms with Crippen molar-refractivity contribution in [2.45, 2.75) is 33.7 Å². The largest absolute Gasteiger partial charge is 0.382 e. The van der Waals surface area contributed by atoms with Crippen LogP contribution in [0.1, 0.15) is 38.2 Å². The Morgan fingerprint density at radius 3 is 2.40 bits per heavy atom. The van der Waals surface area contributed by atoms with Crippen LogP contribution in [0, 0.1) is 5.92 Å². The van der Waals surface area contributed by atoms with E-state index in [1.807, 2.05) is 0 Å². The molecule has 0 radical (unpaired) electrons. The van der Waals surface area contributed by atoms with E-state index in [9.17, 15) is 4.79 Å². The summed E-state index contributed by atoms with van der Waals surface area (Å²) in [5, 5.41) is 2.91. The fourth-order valence-electron chi connectivity index (χ4n) is 2.28.